The molecule has 4 nitrogen and oxygen atoms in total. The van der Waals surface area contributed by atoms with Crippen LogP contribution in [0.15, 0.2) is 30.3 Å². The Balaban J connectivity index is 2.26. The summed E-state index contributed by atoms with van der Waals surface area (Å²) in [5, 5.41) is 4.84. The molecule has 1 amide bonds. The van der Waals surface area contributed by atoms with Gasteiger partial charge in [0.05, 0.1) is 0 Å². The lowest BCUT2D eigenvalue weighted by atomic mass is 10.1. The van der Waals surface area contributed by atoms with Crippen molar-refractivity contribution in [1.29, 1.82) is 0 Å². The predicted octanol–water partition coefficient (Wildman–Crippen LogP) is 3.13. The highest BCUT2D eigenvalue weighted by molar-refractivity contribution is 5.99. The summed E-state index contributed by atoms with van der Waals surface area (Å²) < 4.78 is 0. The third kappa shape index (κ3) is 3.07. The van der Waals surface area contributed by atoms with Gasteiger partial charge in [0, 0.05) is 11.4 Å². The molecule has 106 valence electrons. The first kappa shape index (κ1) is 14.3. The molecule has 0 aliphatic heterocycles. The van der Waals surface area contributed by atoms with E-state index in [-0.39, 0.29) is 11.9 Å². The van der Waals surface area contributed by atoms with Crippen molar-refractivity contribution < 1.29 is 4.79 Å². The maximum atomic E-state index is 12.3. The number of carbonyl (C=O) groups is 1. The summed E-state index contributed by atoms with van der Waals surface area (Å²) in [6.07, 6.45) is 2.94. The molecule has 4 heteroatoms. The first-order chi connectivity index (χ1) is 9.65. The molecule has 0 fully saturated rings. The Morgan fingerprint density at radius 3 is 2.80 bits per heavy atom. The third-order valence-electron chi connectivity index (χ3n) is 3.47. The molecule has 0 saturated heterocycles. The smallest absolute Gasteiger partial charge is 0.270 e. The number of fused-ring (bicyclic) bond motifs is 1. The second-order valence-corrected chi connectivity index (χ2v) is 4.98. The van der Waals surface area contributed by atoms with Crippen LogP contribution in [0.4, 0.5) is 5.82 Å². The van der Waals surface area contributed by atoms with Crippen LogP contribution in [-0.2, 0) is 0 Å². The third-order valence-corrected chi connectivity index (χ3v) is 3.47. The molecule has 0 spiro atoms. The number of aromatic nitrogens is 1. The second-order valence-electron chi connectivity index (χ2n) is 4.98. The largest absolute Gasteiger partial charge is 0.383 e. The molecule has 1 unspecified atom stereocenters. The Bertz CT molecular complexity index is 610. The number of carbonyl (C=O) groups excluding carboxylic acids is 1. The van der Waals surface area contributed by atoms with Gasteiger partial charge in [-0.3, -0.25) is 4.79 Å². The summed E-state index contributed by atoms with van der Waals surface area (Å²) in [5.41, 5.74) is 6.31. The van der Waals surface area contributed by atoms with Crippen molar-refractivity contribution in [3.05, 3.63) is 36.0 Å². The van der Waals surface area contributed by atoms with Gasteiger partial charge in [0.15, 0.2) is 0 Å². The second kappa shape index (κ2) is 6.37. The molecular weight excluding hydrogens is 250 g/mol. The van der Waals surface area contributed by atoms with Gasteiger partial charge in [0.2, 0.25) is 0 Å². The number of nitrogen functional groups attached to an aromatic ring is 1. The number of hydrogen-bond donors (Lipinski definition) is 2. The van der Waals surface area contributed by atoms with E-state index in [0.717, 1.165) is 30.0 Å². The average molecular weight is 271 g/mol. The molecule has 0 bridgehead atoms. The van der Waals surface area contributed by atoms with E-state index in [9.17, 15) is 4.79 Å². The highest BCUT2D eigenvalue weighted by atomic mass is 16.1. The molecule has 3 N–H and O–H groups in total. The standard InChI is InChI=1S/C16H21N3O/c1-3-7-12(4-2)18-16(20)14-10-11-8-5-6-9-13(11)15(17)19-14/h5-6,8-10,12H,3-4,7H2,1-2H3,(H2,17,19)(H,18,20). The number of benzene rings is 1. The van der Waals surface area contributed by atoms with Gasteiger partial charge in [-0.1, -0.05) is 44.5 Å². The fraction of sp³-hybridized carbons (Fsp3) is 0.375. The maximum Gasteiger partial charge on any atom is 0.270 e. The van der Waals surface area contributed by atoms with E-state index in [4.69, 9.17) is 5.73 Å². The monoisotopic (exact) mass is 271 g/mol. The topological polar surface area (TPSA) is 68.0 Å². The zero-order valence-electron chi connectivity index (χ0n) is 12.0. The van der Waals surface area contributed by atoms with Crippen LogP contribution in [0.2, 0.25) is 0 Å². The number of nitrogens with two attached hydrogens (primary N) is 1. The fourth-order valence-electron chi connectivity index (χ4n) is 2.33. The molecular formula is C16H21N3O. The molecule has 1 aromatic carbocycles. The molecule has 2 rings (SSSR count). The van der Waals surface area contributed by atoms with Crippen LogP contribution in [0.3, 0.4) is 0 Å². The number of nitrogens with one attached hydrogen (secondary N) is 1. The van der Waals surface area contributed by atoms with E-state index in [2.05, 4.69) is 24.1 Å². The van der Waals surface area contributed by atoms with Gasteiger partial charge in [0.25, 0.3) is 5.91 Å². The highest BCUT2D eigenvalue weighted by Crippen LogP contribution is 2.20. The van der Waals surface area contributed by atoms with E-state index in [1.807, 2.05) is 24.3 Å². The quantitative estimate of drug-likeness (QED) is 0.878. The molecule has 0 saturated carbocycles. The molecule has 2 aromatic rings. The normalized spacial score (nSPS) is 12.3. The van der Waals surface area contributed by atoms with Gasteiger partial charge in [-0.25, -0.2) is 4.98 Å². The first-order valence-electron chi connectivity index (χ1n) is 7.11. The van der Waals surface area contributed by atoms with Crippen molar-refractivity contribution in [1.82, 2.24) is 10.3 Å². The summed E-state index contributed by atoms with van der Waals surface area (Å²) in [6.45, 7) is 4.18. The summed E-state index contributed by atoms with van der Waals surface area (Å²) in [4.78, 5) is 16.5. The van der Waals surface area contributed by atoms with E-state index in [1.54, 1.807) is 6.07 Å². The van der Waals surface area contributed by atoms with Crippen molar-refractivity contribution in [2.45, 2.75) is 39.2 Å². The van der Waals surface area contributed by atoms with Gasteiger partial charge in [-0.2, -0.15) is 0 Å². The molecule has 20 heavy (non-hydrogen) atoms. The molecule has 1 atom stereocenters. The van der Waals surface area contributed by atoms with Gasteiger partial charge >= 0.3 is 0 Å². The predicted molar refractivity (Wildman–Crippen MR) is 82.6 cm³/mol. The Morgan fingerprint density at radius 1 is 1.35 bits per heavy atom. The van der Waals surface area contributed by atoms with E-state index in [0.29, 0.717) is 11.5 Å². The van der Waals surface area contributed by atoms with Gasteiger partial charge < -0.3 is 11.1 Å². The molecule has 0 radical (unpaired) electrons. The molecule has 0 aliphatic carbocycles. The van der Waals surface area contributed by atoms with Crippen molar-refractivity contribution in [2.75, 3.05) is 5.73 Å². The lowest BCUT2D eigenvalue weighted by Crippen LogP contribution is -2.34. The van der Waals surface area contributed by atoms with Crippen molar-refractivity contribution in [3.8, 4) is 0 Å². The number of nitrogens with zero attached hydrogens (tertiary/aromatic N) is 1. The van der Waals surface area contributed by atoms with Crippen LogP contribution in [0.1, 0.15) is 43.6 Å². The van der Waals surface area contributed by atoms with Crippen LogP contribution >= 0.6 is 0 Å². The van der Waals surface area contributed by atoms with Crippen molar-refractivity contribution in [3.63, 3.8) is 0 Å². The Hall–Kier alpha value is -2.10. The summed E-state index contributed by atoms with van der Waals surface area (Å²) in [5.74, 6) is 0.250. The van der Waals surface area contributed by atoms with Crippen molar-refractivity contribution >= 4 is 22.5 Å². The number of hydrogen-bond acceptors (Lipinski definition) is 3. The van der Waals surface area contributed by atoms with Crippen molar-refractivity contribution in [2.24, 2.45) is 0 Å². The Labute approximate surface area is 119 Å². The van der Waals surface area contributed by atoms with Gasteiger partial charge in [-0.05, 0) is 24.3 Å². The summed E-state index contributed by atoms with van der Waals surface area (Å²) >= 11 is 0. The minimum absolute atomic E-state index is 0.150. The van der Waals surface area contributed by atoms with Crippen LogP contribution < -0.4 is 11.1 Å². The molecule has 1 aromatic heterocycles. The first-order valence-corrected chi connectivity index (χ1v) is 7.11. The fourth-order valence-corrected chi connectivity index (χ4v) is 2.33. The van der Waals surface area contributed by atoms with Crippen LogP contribution in [0.5, 0.6) is 0 Å². The van der Waals surface area contributed by atoms with E-state index in [1.165, 1.54) is 0 Å². The van der Waals surface area contributed by atoms with E-state index < -0.39 is 0 Å². The highest BCUT2D eigenvalue weighted by Gasteiger charge is 2.14. The van der Waals surface area contributed by atoms with Crippen LogP contribution in [0.25, 0.3) is 10.8 Å². The number of rotatable bonds is 5. The SMILES string of the molecule is CCCC(CC)NC(=O)c1cc2ccccc2c(N)n1. The van der Waals surface area contributed by atoms with Crippen LogP contribution in [-0.4, -0.2) is 16.9 Å². The minimum atomic E-state index is -0.150. The van der Waals surface area contributed by atoms with E-state index >= 15 is 0 Å². The lowest BCUT2D eigenvalue weighted by molar-refractivity contribution is 0.0929. The summed E-state index contributed by atoms with van der Waals surface area (Å²) in [7, 11) is 0. The Morgan fingerprint density at radius 2 is 2.10 bits per heavy atom. The number of amides is 1. The minimum Gasteiger partial charge on any atom is -0.383 e. The zero-order valence-corrected chi connectivity index (χ0v) is 12.0. The summed E-state index contributed by atoms with van der Waals surface area (Å²) in [6, 6.07) is 9.67. The average Bonchev–Trinajstić information content (AvgIpc) is 2.46. The lowest BCUT2D eigenvalue weighted by Gasteiger charge is -2.16. The number of pyridine rings is 1. The van der Waals surface area contributed by atoms with Crippen LogP contribution in [0, 0.1) is 0 Å². The number of anilines is 1. The molecule has 0 aliphatic rings. The van der Waals surface area contributed by atoms with Gasteiger partial charge in [0.1, 0.15) is 11.5 Å². The maximum absolute atomic E-state index is 12.3. The zero-order chi connectivity index (χ0) is 14.5. The Kier molecular flexibility index (Phi) is 4.56. The molecule has 1 heterocycles. The van der Waals surface area contributed by atoms with Gasteiger partial charge in [-0.15, -0.1) is 0 Å².